The lowest BCUT2D eigenvalue weighted by Gasteiger charge is -2.25. The number of rotatable bonds is 8. The number of carbonyl (C=O) groups excluding carboxylic acids is 1. The van der Waals surface area contributed by atoms with E-state index in [-0.39, 0.29) is 18.7 Å². The summed E-state index contributed by atoms with van der Waals surface area (Å²) >= 11 is 0. The Morgan fingerprint density at radius 3 is 2.36 bits per heavy atom. The van der Waals surface area contributed by atoms with Crippen LogP contribution in [0.5, 0.6) is 5.75 Å². The zero-order chi connectivity index (χ0) is 18.2. The van der Waals surface area contributed by atoms with Gasteiger partial charge in [0, 0.05) is 19.9 Å². The monoisotopic (exact) mass is 341 g/mol. The summed E-state index contributed by atoms with van der Waals surface area (Å²) < 4.78 is 5.28. The number of benzene rings is 2. The van der Waals surface area contributed by atoms with Crippen molar-refractivity contribution >= 4 is 11.9 Å². The van der Waals surface area contributed by atoms with Gasteiger partial charge in [-0.25, -0.2) is 4.79 Å². The third-order valence-electron chi connectivity index (χ3n) is 4.22. The molecule has 1 unspecified atom stereocenters. The molecular weight excluding hydrogens is 318 g/mol. The summed E-state index contributed by atoms with van der Waals surface area (Å²) in [5.74, 6) is -0.469. The molecule has 1 amide bonds. The van der Waals surface area contributed by atoms with Crippen LogP contribution in [0, 0.1) is 0 Å². The van der Waals surface area contributed by atoms with E-state index in [1.165, 1.54) is 4.90 Å². The Morgan fingerprint density at radius 1 is 1.08 bits per heavy atom. The molecule has 0 aliphatic heterocycles. The highest BCUT2D eigenvalue weighted by molar-refractivity contribution is 5.83. The lowest BCUT2D eigenvalue weighted by molar-refractivity contribution is -0.149. The van der Waals surface area contributed by atoms with Gasteiger partial charge in [0.1, 0.15) is 11.8 Å². The van der Waals surface area contributed by atoms with Crippen LogP contribution in [0.4, 0.5) is 0 Å². The molecule has 0 aliphatic rings. The molecule has 5 nitrogen and oxygen atoms in total. The van der Waals surface area contributed by atoms with Crippen LogP contribution in [0.25, 0.3) is 0 Å². The lowest BCUT2D eigenvalue weighted by Crippen LogP contribution is -2.43. The highest BCUT2D eigenvalue weighted by atomic mass is 16.5. The molecule has 0 aliphatic carbocycles. The molecule has 0 radical (unpaired) electrons. The Bertz CT molecular complexity index is 715. The molecule has 0 spiro atoms. The average Bonchev–Trinajstić information content (AvgIpc) is 2.64. The number of likely N-dealkylation sites (N-methyl/N-ethyl adjacent to an activating group) is 1. The number of aliphatic carboxylic acids is 1. The number of aryl methyl sites for hydroxylation is 1. The van der Waals surface area contributed by atoms with Gasteiger partial charge >= 0.3 is 5.97 Å². The van der Waals surface area contributed by atoms with Crippen molar-refractivity contribution in [1.29, 1.82) is 0 Å². The van der Waals surface area contributed by atoms with E-state index in [4.69, 9.17) is 4.74 Å². The van der Waals surface area contributed by atoms with Gasteiger partial charge in [-0.05, 0) is 23.6 Å². The summed E-state index contributed by atoms with van der Waals surface area (Å²) in [6, 6.07) is 16.0. The molecule has 0 heterocycles. The van der Waals surface area contributed by atoms with Crippen molar-refractivity contribution in [3.63, 3.8) is 0 Å². The van der Waals surface area contributed by atoms with E-state index in [9.17, 15) is 14.7 Å². The first kappa shape index (κ1) is 18.5. The number of hydrogen-bond donors (Lipinski definition) is 1. The number of carboxylic acid groups (broad SMARTS) is 1. The molecular formula is C20H23NO4. The number of hydrogen-bond acceptors (Lipinski definition) is 3. The largest absolute Gasteiger partial charge is 0.496 e. The number of para-hydroxylation sites is 1. The van der Waals surface area contributed by atoms with Gasteiger partial charge in [0.2, 0.25) is 5.91 Å². The van der Waals surface area contributed by atoms with Gasteiger partial charge < -0.3 is 14.7 Å². The lowest BCUT2D eigenvalue weighted by atomic mass is 10.0. The predicted molar refractivity (Wildman–Crippen MR) is 95.7 cm³/mol. The molecule has 1 atom stereocenters. The van der Waals surface area contributed by atoms with E-state index < -0.39 is 12.0 Å². The second kappa shape index (κ2) is 8.87. The Labute approximate surface area is 147 Å². The fraction of sp³-hybridized carbons (Fsp3) is 0.300. The van der Waals surface area contributed by atoms with Crippen molar-refractivity contribution in [3.05, 3.63) is 65.7 Å². The van der Waals surface area contributed by atoms with Crippen molar-refractivity contribution < 1.29 is 19.4 Å². The van der Waals surface area contributed by atoms with Gasteiger partial charge in [0.25, 0.3) is 0 Å². The van der Waals surface area contributed by atoms with E-state index in [0.29, 0.717) is 6.42 Å². The van der Waals surface area contributed by atoms with E-state index in [2.05, 4.69) is 0 Å². The predicted octanol–water partition coefficient (Wildman–Crippen LogP) is 2.78. The fourth-order valence-corrected chi connectivity index (χ4v) is 2.73. The van der Waals surface area contributed by atoms with Crippen LogP contribution in [0.1, 0.15) is 17.5 Å². The molecule has 25 heavy (non-hydrogen) atoms. The topological polar surface area (TPSA) is 66.8 Å². The van der Waals surface area contributed by atoms with Crippen LogP contribution in [-0.2, 0) is 22.4 Å². The summed E-state index contributed by atoms with van der Waals surface area (Å²) in [6.07, 6.45) is 1.02. The first-order chi connectivity index (χ1) is 12.0. The second-order valence-electron chi connectivity index (χ2n) is 5.86. The Hall–Kier alpha value is -2.82. The molecule has 5 heteroatoms. The molecule has 2 rings (SSSR count). The van der Waals surface area contributed by atoms with Gasteiger partial charge in [-0.15, -0.1) is 0 Å². The Kier molecular flexibility index (Phi) is 6.57. The highest BCUT2D eigenvalue weighted by Crippen LogP contribution is 2.19. The van der Waals surface area contributed by atoms with Crippen molar-refractivity contribution in [2.45, 2.75) is 25.3 Å². The number of carboxylic acids is 1. The molecule has 2 aromatic carbocycles. The SMILES string of the molecule is COc1ccccc1CCC(=O)N(C)C(Cc1ccccc1)C(=O)O. The first-order valence-corrected chi connectivity index (χ1v) is 8.17. The number of ether oxygens (including phenoxy) is 1. The standard InChI is InChI=1S/C20H23NO4/c1-21(17(20(23)24)14-15-8-4-3-5-9-15)19(22)13-12-16-10-6-7-11-18(16)25-2/h3-11,17H,12-14H2,1-2H3,(H,23,24). The van der Waals surface area contributed by atoms with Crippen molar-refractivity contribution in [3.8, 4) is 5.75 Å². The minimum Gasteiger partial charge on any atom is -0.496 e. The number of nitrogens with zero attached hydrogens (tertiary/aromatic N) is 1. The van der Waals surface area contributed by atoms with Gasteiger partial charge in [-0.2, -0.15) is 0 Å². The minimum atomic E-state index is -1.00. The van der Waals surface area contributed by atoms with Crippen LogP contribution >= 0.6 is 0 Å². The molecule has 1 N–H and O–H groups in total. The van der Waals surface area contributed by atoms with Crippen molar-refractivity contribution in [2.75, 3.05) is 14.2 Å². The smallest absolute Gasteiger partial charge is 0.326 e. The normalized spacial score (nSPS) is 11.6. The van der Waals surface area contributed by atoms with Gasteiger partial charge in [0.15, 0.2) is 0 Å². The third kappa shape index (κ3) is 5.08. The molecule has 0 saturated heterocycles. The Morgan fingerprint density at radius 2 is 1.72 bits per heavy atom. The summed E-state index contributed by atoms with van der Waals surface area (Å²) in [5.41, 5.74) is 1.82. The van der Waals surface area contributed by atoms with Gasteiger partial charge in [-0.3, -0.25) is 4.79 Å². The van der Waals surface area contributed by atoms with Gasteiger partial charge in [0.05, 0.1) is 7.11 Å². The van der Waals surface area contributed by atoms with Crippen LogP contribution in [0.3, 0.4) is 0 Å². The minimum absolute atomic E-state index is 0.200. The van der Waals surface area contributed by atoms with Gasteiger partial charge in [-0.1, -0.05) is 48.5 Å². The maximum atomic E-state index is 12.5. The van der Waals surface area contributed by atoms with Crippen LogP contribution in [0.2, 0.25) is 0 Å². The number of amides is 1. The molecule has 2 aromatic rings. The van der Waals surface area contributed by atoms with E-state index >= 15 is 0 Å². The first-order valence-electron chi connectivity index (χ1n) is 8.17. The van der Waals surface area contributed by atoms with E-state index in [0.717, 1.165) is 16.9 Å². The quantitative estimate of drug-likeness (QED) is 0.802. The van der Waals surface area contributed by atoms with Crippen LogP contribution < -0.4 is 4.74 Å². The molecule has 0 aromatic heterocycles. The van der Waals surface area contributed by atoms with Crippen molar-refractivity contribution in [2.24, 2.45) is 0 Å². The molecule has 132 valence electrons. The number of carbonyl (C=O) groups is 2. The zero-order valence-corrected chi connectivity index (χ0v) is 14.5. The Balaban J connectivity index is 2.02. The summed E-state index contributed by atoms with van der Waals surface area (Å²) in [7, 11) is 3.14. The highest BCUT2D eigenvalue weighted by Gasteiger charge is 2.26. The molecule has 0 bridgehead atoms. The summed E-state index contributed by atoms with van der Waals surface area (Å²) in [6.45, 7) is 0. The average molecular weight is 341 g/mol. The summed E-state index contributed by atoms with van der Waals surface area (Å²) in [5, 5.41) is 9.51. The van der Waals surface area contributed by atoms with Crippen LogP contribution in [0.15, 0.2) is 54.6 Å². The molecule has 0 saturated carbocycles. The summed E-state index contributed by atoms with van der Waals surface area (Å²) in [4.78, 5) is 25.4. The maximum Gasteiger partial charge on any atom is 0.326 e. The third-order valence-corrected chi connectivity index (χ3v) is 4.22. The molecule has 0 fully saturated rings. The van der Waals surface area contributed by atoms with E-state index in [1.807, 2.05) is 54.6 Å². The zero-order valence-electron chi connectivity index (χ0n) is 14.5. The fourth-order valence-electron chi connectivity index (χ4n) is 2.73. The van der Waals surface area contributed by atoms with E-state index in [1.54, 1.807) is 14.2 Å². The van der Waals surface area contributed by atoms with Crippen molar-refractivity contribution in [1.82, 2.24) is 4.90 Å². The number of methoxy groups -OCH3 is 1. The maximum absolute atomic E-state index is 12.5. The van der Waals surface area contributed by atoms with Crippen LogP contribution in [-0.4, -0.2) is 42.1 Å². The second-order valence-corrected chi connectivity index (χ2v) is 5.86.